The van der Waals surface area contributed by atoms with Gasteiger partial charge in [0.05, 0.1) is 12.2 Å². The normalized spacial score (nSPS) is 22.2. The molecule has 0 aliphatic carbocycles. The second-order valence-electron chi connectivity index (χ2n) is 7.45. The molecule has 0 radical (unpaired) electrons. The summed E-state index contributed by atoms with van der Waals surface area (Å²) in [6.07, 6.45) is 2.78. The molecule has 3 heterocycles. The van der Waals surface area contributed by atoms with E-state index in [1.165, 1.54) is 10.9 Å². The summed E-state index contributed by atoms with van der Waals surface area (Å²) < 4.78 is 1.48. The highest BCUT2D eigenvalue weighted by Crippen LogP contribution is 2.35. The van der Waals surface area contributed by atoms with Crippen LogP contribution in [0.2, 0.25) is 0 Å². The predicted octanol–water partition coefficient (Wildman–Crippen LogP) is 1.05. The molecule has 9 heteroatoms. The van der Waals surface area contributed by atoms with Crippen molar-refractivity contribution in [3.63, 3.8) is 0 Å². The molecule has 1 N–H and O–H groups in total. The largest absolute Gasteiger partial charge is 0.476 e. The number of amides is 2. The SMILES string of the molecule is C[C@@]1(C(=O)N2CC(n3cc(C(=O)O)nn3)C2)CCCN1C(=O)c1ccccc1. The summed E-state index contributed by atoms with van der Waals surface area (Å²) in [6.45, 7) is 3.22. The van der Waals surface area contributed by atoms with Crippen molar-refractivity contribution >= 4 is 17.8 Å². The molecule has 0 bridgehead atoms. The minimum Gasteiger partial charge on any atom is -0.476 e. The van der Waals surface area contributed by atoms with E-state index in [9.17, 15) is 14.4 Å². The van der Waals surface area contributed by atoms with Gasteiger partial charge < -0.3 is 14.9 Å². The van der Waals surface area contributed by atoms with Crippen LogP contribution in [-0.4, -0.2) is 72.9 Å². The monoisotopic (exact) mass is 383 g/mol. The number of aromatic nitrogens is 3. The maximum atomic E-state index is 13.2. The molecule has 146 valence electrons. The number of carbonyl (C=O) groups is 3. The standard InChI is InChI=1S/C19H21N5O4/c1-19(8-5-9-23(19)16(25)13-6-3-2-4-7-13)18(28)22-10-14(11-22)24-12-15(17(26)27)20-21-24/h2-4,6-7,12,14H,5,8-11H2,1H3,(H,26,27)/t19-/m0/s1. The fraction of sp³-hybridized carbons (Fsp3) is 0.421. The van der Waals surface area contributed by atoms with Crippen LogP contribution in [0.15, 0.2) is 36.5 Å². The van der Waals surface area contributed by atoms with Crippen LogP contribution in [0.1, 0.15) is 46.7 Å². The van der Waals surface area contributed by atoms with Gasteiger partial charge in [-0.2, -0.15) is 0 Å². The van der Waals surface area contributed by atoms with E-state index in [2.05, 4.69) is 10.3 Å². The van der Waals surface area contributed by atoms with Gasteiger partial charge in [0.1, 0.15) is 5.54 Å². The van der Waals surface area contributed by atoms with E-state index >= 15 is 0 Å². The summed E-state index contributed by atoms with van der Waals surface area (Å²) in [5.41, 5.74) is -0.409. The van der Waals surface area contributed by atoms with Gasteiger partial charge >= 0.3 is 5.97 Å². The first kappa shape index (κ1) is 18.1. The quantitative estimate of drug-likeness (QED) is 0.845. The van der Waals surface area contributed by atoms with Crippen LogP contribution in [0.25, 0.3) is 0 Å². The van der Waals surface area contributed by atoms with Crippen molar-refractivity contribution in [2.45, 2.75) is 31.3 Å². The Morgan fingerprint density at radius 3 is 2.54 bits per heavy atom. The molecule has 4 rings (SSSR count). The zero-order chi connectivity index (χ0) is 19.9. The van der Waals surface area contributed by atoms with Crippen LogP contribution in [0.3, 0.4) is 0 Å². The minimum atomic E-state index is -1.13. The topological polar surface area (TPSA) is 109 Å². The molecule has 1 aromatic carbocycles. The number of benzene rings is 1. The Balaban J connectivity index is 1.45. The number of carboxylic acids is 1. The van der Waals surface area contributed by atoms with Gasteiger partial charge in [0.2, 0.25) is 5.91 Å². The zero-order valence-corrected chi connectivity index (χ0v) is 15.5. The highest BCUT2D eigenvalue weighted by molar-refractivity contribution is 5.99. The first-order valence-corrected chi connectivity index (χ1v) is 9.21. The molecule has 2 saturated heterocycles. The summed E-state index contributed by atoms with van der Waals surface area (Å²) in [7, 11) is 0. The number of nitrogens with zero attached hydrogens (tertiary/aromatic N) is 5. The molecule has 2 amide bonds. The van der Waals surface area contributed by atoms with Gasteiger partial charge in [-0.3, -0.25) is 9.59 Å². The van der Waals surface area contributed by atoms with Crippen molar-refractivity contribution in [3.8, 4) is 0 Å². The van der Waals surface area contributed by atoms with E-state index in [1.54, 1.807) is 21.9 Å². The molecule has 2 aromatic rings. The molecule has 2 aliphatic rings. The Kier molecular flexibility index (Phi) is 4.37. The van der Waals surface area contributed by atoms with E-state index in [0.29, 0.717) is 31.6 Å². The molecule has 1 aromatic heterocycles. The van der Waals surface area contributed by atoms with E-state index in [4.69, 9.17) is 5.11 Å². The van der Waals surface area contributed by atoms with Crippen molar-refractivity contribution < 1.29 is 19.5 Å². The fourth-order valence-corrected chi connectivity index (χ4v) is 3.93. The summed E-state index contributed by atoms with van der Waals surface area (Å²) in [4.78, 5) is 40.4. The lowest BCUT2D eigenvalue weighted by atomic mass is 9.93. The van der Waals surface area contributed by atoms with Gasteiger partial charge in [-0.1, -0.05) is 23.4 Å². The first-order valence-electron chi connectivity index (χ1n) is 9.21. The Labute approximate surface area is 161 Å². The lowest BCUT2D eigenvalue weighted by molar-refractivity contribution is -0.147. The third-order valence-corrected chi connectivity index (χ3v) is 5.62. The summed E-state index contributed by atoms with van der Waals surface area (Å²) in [5, 5.41) is 16.4. The van der Waals surface area contributed by atoms with Crippen LogP contribution in [0, 0.1) is 0 Å². The molecule has 0 spiro atoms. The number of rotatable bonds is 4. The smallest absolute Gasteiger partial charge is 0.358 e. The molecular formula is C19H21N5O4. The molecule has 2 fully saturated rings. The second kappa shape index (κ2) is 6.74. The van der Waals surface area contributed by atoms with Crippen LogP contribution < -0.4 is 0 Å². The van der Waals surface area contributed by atoms with Crippen molar-refractivity contribution in [2.24, 2.45) is 0 Å². The maximum absolute atomic E-state index is 13.2. The van der Waals surface area contributed by atoms with Crippen LogP contribution >= 0.6 is 0 Å². The lowest BCUT2D eigenvalue weighted by Crippen LogP contribution is -2.62. The highest BCUT2D eigenvalue weighted by Gasteiger charge is 2.50. The molecular weight excluding hydrogens is 362 g/mol. The molecule has 2 aliphatic heterocycles. The Hall–Kier alpha value is -3.23. The average Bonchev–Trinajstić information content (AvgIpc) is 3.28. The highest BCUT2D eigenvalue weighted by atomic mass is 16.4. The van der Waals surface area contributed by atoms with E-state index in [1.807, 2.05) is 25.1 Å². The summed E-state index contributed by atoms with van der Waals surface area (Å²) in [5.74, 6) is -1.34. The Morgan fingerprint density at radius 2 is 1.89 bits per heavy atom. The number of carboxylic acid groups (broad SMARTS) is 1. The van der Waals surface area contributed by atoms with Crippen molar-refractivity contribution in [3.05, 3.63) is 47.8 Å². The van der Waals surface area contributed by atoms with Crippen LogP contribution in [-0.2, 0) is 4.79 Å². The molecule has 28 heavy (non-hydrogen) atoms. The maximum Gasteiger partial charge on any atom is 0.358 e. The molecule has 1 atom stereocenters. The van der Waals surface area contributed by atoms with Gasteiger partial charge in [0.15, 0.2) is 5.69 Å². The molecule has 9 nitrogen and oxygen atoms in total. The van der Waals surface area contributed by atoms with Crippen molar-refractivity contribution in [1.29, 1.82) is 0 Å². The number of hydrogen-bond donors (Lipinski definition) is 1. The third-order valence-electron chi connectivity index (χ3n) is 5.62. The average molecular weight is 383 g/mol. The number of likely N-dealkylation sites (tertiary alicyclic amines) is 2. The Morgan fingerprint density at radius 1 is 1.18 bits per heavy atom. The number of carbonyl (C=O) groups excluding carboxylic acids is 2. The first-order chi connectivity index (χ1) is 13.4. The Bertz CT molecular complexity index is 921. The number of hydrogen-bond acceptors (Lipinski definition) is 5. The second-order valence-corrected chi connectivity index (χ2v) is 7.45. The zero-order valence-electron chi connectivity index (χ0n) is 15.5. The van der Waals surface area contributed by atoms with Crippen molar-refractivity contribution in [2.75, 3.05) is 19.6 Å². The van der Waals surface area contributed by atoms with Crippen molar-refractivity contribution in [1.82, 2.24) is 24.8 Å². The van der Waals surface area contributed by atoms with Gasteiger partial charge in [0.25, 0.3) is 5.91 Å². The molecule has 0 unspecified atom stereocenters. The lowest BCUT2D eigenvalue weighted by Gasteiger charge is -2.45. The van der Waals surface area contributed by atoms with Crippen LogP contribution in [0.5, 0.6) is 0 Å². The van der Waals surface area contributed by atoms with E-state index in [-0.39, 0.29) is 23.6 Å². The summed E-state index contributed by atoms with van der Waals surface area (Å²) in [6, 6.07) is 8.89. The fourth-order valence-electron chi connectivity index (χ4n) is 3.93. The summed E-state index contributed by atoms with van der Waals surface area (Å²) >= 11 is 0. The van der Waals surface area contributed by atoms with E-state index in [0.717, 1.165) is 6.42 Å². The third kappa shape index (κ3) is 2.92. The van der Waals surface area contributed by atoms with Gasteiger partial charge in [-0.15, -0.1) is 5.10 Å². The number of aromatic carboxylic acids is 1. The molecule has 0 saturated carbocycles. The predicted molar refractivity (Wildman–Crippen MR) is 97.7 cm³/mol. The van der Waals surface area contributed by atoms with Crippen LogP contribution in [0.4, 0.5) is 0 Å². The van der Waals surface area contributed by atoms with Gasteiger partial charge in [-0.25, -0.2) is 9.48 Å². The van der Waals surface area contributed by atoms with Gasteiger partial charge in [0, 0.05) is 25.2 Å². The van der Waals surface area contributed by atoms with Gasteiger partial charge in [-0.05, 0) is 31.9 Å². The van der Waals surface area contributed by atoms with E-state index < -0.39 is 11.5 Å². The minimum absolute atomic E-state index is 0.0795.